The van der Waals surface area contributed by atoms with E-state index in [4.69, 9.17) is 0 Å². The van der Waals surface area contributed by atoms with Gasteiger partial charge in [0.15, 0.2) is 0 Å². The van der Waals surface area contributed by atoms with Crippen LogP contribution in [0.1, 0.15) is 50.5 Å². The molecule has 0 atom stereocenters. The monoisotopic (exact) mass is 380 g/mol. The zero-order valence-corrected chi connectivity index (χ0v) is 16.2. The molecule has 1 N–H and O–H groups in total. The molecule has 0 spiro atoms. The van der Waals surface area contributed by atoms with Crippen LogP contribution < -0.4 is 5.43 Å². The molecule has 4 fully saturated rings. The van der Waals surface area contributed by atoms with Crippen molar-refractivity contribution in [3.05, 3.63) is 42.0 Å². The fraction of sp³-hybridized carbons (Fsp3) is 0.522. The molecule has 4 aliphatic rings. The molecule has 5 nitrogen and oxygen atoms in total. The molecule has 148 valence electrons. The summed E-state index contributed by atoms with van der Waals surface area (Å²) in [6, 6.07) is 9.46. The van der Waals surface area contributed by atoms with Gasteiger partial charge in [-0.05, 0) is 73.3 Å². The van der Waals surface area contributed by atoms with Gasteiger partial charge in [0.1, 0.15) is 6.29 Å². The van der Waals surface area contributed by atoms with Gasteiger partial charge in [-0.2, -0.15) is 0 Å². The summed E-state index contributed by atoms with van der Waals surface area (Å²) in [6.45, 7) is -0.148. The Labute approximate surface area is 166 Å². The first-order chi connectivity index (χ1) is 13.5. The quantitative estimate of drug-likeness (QED) is 0.467. The van der Waals surface area contributed by atoms with Crippen LogP contribution in [-0.2, 0) is 14.4 Å². The number of rotatable bonds is 6. The third-order valence-corrected chi connectivity index (χ3v) is 6.70. The van der Waals surface area contributed by atoms with Gasteiger partial charge >= 0.3 is 0 Å². The molecular weight excluding hydrogens is 352 g/mol. The number of nitrogens with one attached hydrogen (secondary N) is 1. The fourth-order valence-corrected chi connectivity index (χ4v) is 6.12. The molecule has 0 heterocycles. The van der Waals surface area contributed by atoms with Crippen LogP contribution in [-0.4, -0.2) is 29.7 Å². The van der Waals surface area contributed by atoms with E-state index in [9.17, 15) is 14.4 Å². The summed E-state index contributed by atoms with van der Waals surface area (Å²) in [5.41, 5.74) is 3.69. The van der Waals surface area contributed by atoms with Crippen LogP contribution in [0.4, 0.5) is 0 Å². The SMILES string of the molecule is O=CCN(NC(=O)CC12CC3CC(CC(C3)C1)C2)C(=O)C=Cc1ccccc1. The number of benzene rings is 1. The largest absolute Gasteiger partial charge is 0.301 e. The highest BCUT2D eigenvalue weighted by molar-refractivity contribution is 5.94. The Morgan fingerprint density at radius 2 is 1.64 bits per heavy atom. The molecule has 28 heavy (non-hydrogen) atoms. The minimum atomic E-state index is -0.394. The highest BCUT2D eigenvalue weighted by atomic mass is 16.2. The maximum absolute atomic E-state index is 12.7. The zero-order chi connectivity index (χ0) is 19.6. The van der Waals surface area contributed by atoms with Crippen molar-refractivity contribution in [2.45, 2.75) is 44.9 Å². The molecular formula is C23H28N2O3. The lowest BCUT2D eigenvalue weighted by atomic mass is 9.49. The Hall–Kier alpha value is -2.43. The van der Waals surface area contributed by atoms with Crippen LogP contribution in [0.15, 0.2) is 36.4 Å². The van der Waals surface area contributed by atoms with E-state index in [-0.39, 0.29) is 17.9 Å². The number of carbonyl (C=O) groups excluding carboxylic acids is 3. The van der Waals surface area contributed by atoms with Gasteiger partial charge in [0, 0.05) is 12.5 Å². The molecule has 4 bridgehead atoms. The number of hydrogen-bond acceptors (Lipinski definition) is 3. The molecule has 4 aliphatic carbocycles. The topological polar surface area (TPSA) is 66.5 Å². The summed E-state index contributed by atoms with van der Waals surface area (Å²) >= 11 is 0. The average molecular weight is 380 g/mol. The molecule has 0 aromatic heterocycles. The fourth-order valence-electron chi connectivity index (χ4n) is 6.12. The van der Waals surface area contributed by atoms with Gasteiger partial charge in [0.25, 0.3) is 5.91 Å². The van der Waals surface area contributed by atoms with E-state index in [0.717, 1.165) is 47.6 Å². The molecule has 0 saturated heterocycles. The molecule has 2 amide bonds. The Morgan fingerprint density at radius 1 is 1.04 bits per heavy atom. The van der Waals surface area contributed by atoms with Crippen molar-refractivity contribution in [3.63, 3.8) is 0 Å². The first-order valence-corrected chi connectivity index (χ1v) is 10.3. The normalized spacial score (nSPS) is 30.4. The number of hydrazine groups is 1. The van der Waals surface area contributed by atoms with E-state index in [2.05, 4.69) is 5.43 Å². The molecule has 0 radical (unpaired) electrons. The second kappa shape index (κ2) is 7.90. The van der Waals surface area contributed by atoms with Crippen LogP contribution in [0.2, 0.25) is 0 Å². The molecule has 0 unspecified atom stereocenters. The van der Waals surface area contributed by atoms with E-state index in [0.29, 0.717) is 12.7 Å². The Balaban J connectivity index is 1.37. The van der Waals surface area contributed by atoms with Crippen LogP contribution in [0.25, 0.3) is 6.08 Å². The zero-order valence-electron chi connectivity index (χ0n) is 16.2. The molecule has 5 heteroatoms. The minimum Gasteiger partial charge on any atom is -0.301 e. The van der Waals surface area contributed by atoms with Crippen molar-refractivity contribution in [1.82, 2.24) is 10.4 Å². The van der Waals surface area contributed by atoms with Crippen molar-refractivity contribution < 1.29 is 14.4 Å². The standard InChI is InChI=1S/C23H28N2O3/c26-9-8-25(22(28)7-6-17-4-2-1-3-5-17)24-21(27)16-23-13-18-10-19(14-23)12-20(11-18)15-23/h1-7,9,18-20H,8,10-16H2,(H,24,27). The van der Waals surface area contributed by atoms with Gasteiger partial charge in [-0.3, -0.25) is 15.0 Å². The number of hydrogen-bond donors (Lipinski definition) is 1. The smallest absolute Gasteiger partial charge is 0.265 e. The maximum atomic E-state index is 12.7. The number of amides is 2. The summed E-state index contributed by atoms with van der Waals surface area (Å²) < 4.78 is 0. The van der Waals surface area contributed by atoms with Gasteiger partial charge in [-0.25, -0.2) is 5.01 Å². The number of carbonyl (C=O) groups is 3. The van der Waals surface area contributed by atoms with E-state index in [1.165, 1.54) is 25.3 Å². The maximum Gasteiger partial charge on any atom is 0.265 e. The molecule has 1 aromatic rings. The van der Waals surface area contributed by atoms with Gasteiger partial charge in [-0.15, -0.1) is 0 Å². The third-order valence-electron chi connectivity index (χ3n) is 6.70. The summed E-state index contributed by atoms with van der Waals surface area (Å²) in [7, 11) is 0. The predicted molar refractivity (Wildman–Crippen MR) is 107 cm³/mol. The van der Waals surface area contributed by atoms with E-state index in [1.54, 1.807) is 6.08 Å². The Morgan fingerprint density at radius 3 is 2.21 bits per heavy atom. The van der Waals surface area contributed by atoms with Crippen molar-refractivity contribution in [2.24, 2.45) is 23.2 Å². The molecule has 4 saturated carbocycles. The lowest BCUT2D eigenvalue weighted by Gasteiger charge is -2.56. The molecule has 5 rings (SSSR count). The van der Waals surface area contributed by atoms with Crippen LogP contribution >= 0.6 is 0 Å². The lowest BCUT2D eigenvalue weighted by molar-refractivity contribution is -0.143. The number of nitrogens with zero attached hydrogens (tertiary/aromatic N) is 1. The van der Waals surface area contributed by atoms with E-state index >= 15 is 0 Å². The van der Waals surface area contributed by atoms with Gasteiger partial charge in [0.05, 0.1) is 6.54 Å². The van der Waals surface area contributed by atoms with Crippen LogP contribution in [0, 0.1) is 23.2 Å². The Kier molecular flexibility index (Phi) is 5.33. The van der Waals surface area contributed by atoms with Crippen molar-refractivity contribution >= 4 is 24.2 Å². The lowest BCUT2D eigenvalue weighted by Crippen LogP contribution is -2.51. The summed E-state index contributed by atoms with van der Waals surface area (Å²) in [6.07, 6.45) is 11.6. The first-order valence-electron chi connectivity index (χ1n) is 10.3. The van der Waals surface area contributed by atoms with Gasteiger partial charge < -0.3 is 4.79 Å². The summed E-state index contributed by atoms with van der Waals surface area (Å²) in [4.78, 5) is 36.2. The van der Waals surface area contributed by atoms with Crippen molar-refractivity contribution in [3.8, 4) is 0 Å². The van der Waals surface area contributed by atoms with Crippen molar-refractivity contribution in [2.75, 3.05) is 6.54 Å². The van der Waals surface area contributed by atoms with E-state index in [1.807, 2.05) is 30.3 Å². The Bertz CT molecular complexity index is 736. The second-order valence-corrected chi connectivity index (χ2v) is 8.99. The van der Waals surface area contributed by atoms with Crippen LogP contribution in [0.3, 0.4) is 0 Å². The highest BCUT2D eigenvalue weighted by Crippen LogP contribution is 2.61. The van der Waals surface area contributed by atoms with Gasteiger partial charge in [0.2, 0.25) is 5.91 Å². The molecule has 1 aromatic carbocycles. The van der Waals surface area contributed by atoms with Crippen LogP contribution in [0.5, 0.6) is 0 Å². The first kappa shape index (κ1) is 18.9. The predicted octanol–water partition coefficient (Wildman–Crippen LogP) is 3.37. The van der Waals surface area contributed by atoms with Crippen molar-refractivity contribution in [1.29, 1.82) is 0 Å². The van der Waals surface area contributed by atoms with E-state index < -0.39 is 5.91 Å². The second-order valence-electron chi connectivity index (χ2n) is 8.99. The molecule has 0 aliphatic heterocycles. The average Bonchev–Trinajstić information content (AvgIpc) is 2.65. The highest BCUT2D eigenvalue weighted by Gasteiger charge is 2.51. The minimum absolute atomic E-state index is 0.106. The number of aldehydes is 1. The van der Waals surface area contributed by atoms with Gasteiger partial charge in [-0.1, -0.05) is 30.3 Å². The summed E-state index contributed by atoms with van der Waals surface area (Å²) in [5.74, 6) is 1.79. The summed E-state index contributed by atoms with van der Waals surface area (Å²) in [5, 5.41) is 1.12. The third kappa shape index (κ3) is 4.18.